The van der Waals surface area contributed by atoms with Gasteiger partial charge in [-0.1, -0.05) is 0 Å². The van der Waals surface area contributed by atoms with Crippen molar-refractivity contribution >= 4 is 17.5 Å². The van der Waals surface area contributed by atoms with Crippen LogP contribution in [0.1, 0.15) is 16.8 Å². The average Bonchev–Trinajstić information content (AvgIpc) is 2.76. The molecule has 0 saturated carbocycles. The summed E-state index contributed by atoms with van der Waals surface area (Å²) < 4.78 is 12.9. The van der Waals surface area contributed by atoms with Gasteiger partial charge in [0.25, 0.3) is 5.91 Å². The monoisotopic (exact) mass is 242 g/mol. The molecule has 1 fully saturated rings. The minimum atomic E-state index is -0.487. The van der Waals surface area contributed by atoms with Crippen LogP contribution < -0.4 is 0 Å². The molecule has 0 spiro atoms. The zero-order chi connectivity index (χ0) is 11.5. The number of pyridine rings is 1. The second kappa shape index (κ2) is 4.78. The summed E-state index contributed by atoms with van der Waals surface area (Å²) in [6.45, 7) is 1.34. The molecule has 0 aliphatic carbocycles. The number of hydrogen-bond acceptors (Lipinski definition) is 2. The van der Waals surface area contributed by atoms with Crippen LogP contribution in [-0.4, -0.2) is 34.8 Å². The number of alkyl halides is 1. The minimum absolute atomic E-state index is 0.167. The van der Waals surface area contributed by atoms with Gasteiger partial charge in [0.15, 0.2) is 0 Å². The Labute approximate surface area is 98.2 Å². The van der Waals surface area contributed by atoms with E-state index in [0.717, 1.165) is 12.6 Å². The van der Waals surface area contributed by atoms with Gasteiger partial charge in [0.05, 0.1) is 11.8 Å². The summed E-state index contributed by atoms with van der Waals surface area (Å²) in [6, 6.07) is 1.21. The van der Waals surface area contributed by atoms with Crippen molar-refractivity contribution in [3.63, 3.8) is 0 Å². The maximum Gasteiger partial charge on any atom is 0.255 e. The Balaban J connectivity index is 2.08. The Hall–Kier alpha value is -1.16. The number of hydrogen-bond donors (Lipinski definition) is 0. The van der Waals surface area contributed by atoms with Crippen LogP contribution in [0.4, 0.5) is 4.39 Å². The number of aromatic nitrogens is 1. The topological polar surface area (TPSA) is 33.2 Å². The van der Waals surface area contributed by atoms with Crippen molar-refractivity contribution in [2.75, 3.05) is 19.0 Å². The zero-order valence-electron chi connectivity index (χ0n) is 8.70. The lowest BCUT2D eigenvalue weighted by Crippen LogP contribution is -2.29. The van der Waals surface area contributed by atoms with E-state index < -0.39 is 5.82 Å². The first kappa shape index (κ1) is 11.3. The summed E-state index contributed by atoms with van der Waals surface area (Å²) in [7, 11) is 0. The molecule has 86 valence electrons. The van der Waals surface area contributed by atoms with Crippen LogP contribution in [0.2, 0.25) is 0 Å². The minimum Gasteiger partial charge on any atom is -0.338 e. The molecule has 1 amide bonds. The fourth-order valence-electron chi connectivity index (χ4n) is 1.85. The smallest absolute Gasteiger partial charge is 0.255 e. The van der Waals surface area contributed by atoms with Gasteiger partial charge in [0, 0.05) is 25.2 Å². The summed E-state index contributed by atoms with van der Waals surface area (Å²) >= 11 is 5.74. The number of halogens is 2. The fourth-order valence-corrected chi connectivity index (χ4v) is 2.11. The summed E-state index contributed by atoms with van der Waals surface area (Å²) in [5, 5.41) is 0. The number of likely N-dealkylation sites (tertiary alicyclic amines) is 1. The number of carbonyl (C=O) groups is 1. The number of carbonyl (C=O) groups excluding carboxylic acids is 1. The van der Waals surface area contributed by atoms with E-state index in [-0.39, 0.29) is 5.91 Å². The Bertz CT molecular complexity index is 399. The normalized spacial score (nSPS) is 20.1. The molecule has 0 radical (unpaired) electrons. The summed E-state index contributed by atoms with van der Waals surface area (Å²) in [4.78, 5) is 17.3. The summed E-state index contributed by atoms with van der Waals surface area (Å²) in [5.74, 6) is 0.260. The Morgan fingerprint density at radius 1 is 1.62 bits per heavy atom. The van der Waals surface area contributed by atoms with Crippen molar-refractivity contribution in [3.8, 4) is 0 Å². The highest BCUT2D eigenvalue weighted by atomic mass is 35.5. The summed E-state index contributed by atoms with van der Waals surface area (Å²) in [5.41, 5.74) is 0.301. The van der Waals surface area contributed by atoms with Crippen molar-refractivity contribution in [1.82, 2.24) is 9.88 Å². The SMILES string of the molecule is O=C(c1cncc(F)c1)N1CCC(CCl)C1. The maximum atomic E-state index is 12.9. The van der Waals surface area contributed by atoms with Crippen molar-refractivity contribution < 1.29 is 9.18 Å². The lowest BCUT2D eigenvalue weighted by Gasteiger charge is -2.15. The molecule has 1 atom stereocenters. The molecule has 1 aromatic heterocycles. The molecule has 1 saturated heterocycles. The highest BCUT2D eigenvalue weighted by Gasteiger charge is 2.26. The lowest BCUT2D eigenvalue weighted by molar-refractivity contribution is 0.0787. The van der Waals surface area contributed by atoms with Crippen LogP contribution >= 0.6 is 11.6 Å². The standard InChI is InChI=1S/C11H12ClFN2O/c12-4-8-1-2-15(7-8)11(16)9-3-10(13)6-14-5-9/h3,5-6,8H,1-2,4,7H2. The van der Waals surface area contributed by atoms with Crippen molar-refractivity contribution in [1.29, 1.82) is 0 Å². The largest absolute Gasteiger partial charge is 0.338 e. The fraction of sp³-hybridized carbons (Fsp3) is 0.455. The quantitative estimate of drug-likeness (QED) is 0.743. The van der Waals surface area contributed by atoms with Crippen LogP contribution in [-0.2, 0) is 0 Å². The Kier molecular flexibility index (Phi) is 3.39. The van der Waals surface area contributed by atoms with E-state index in [4.69, 9.17) is 11.6 Å². The molecule has 0 N–H and O–H groups in total. The molecular weight excluding hydrogens is 231 g/mol. The number of amides is 1. The molecule has 1 aromatic rings. The average molecular weight is 243 g/mol. The van der Waals surface area contributed by atoms with E-state index in [1.165, 1.54) is 12.3 Å². The predicted molar refractivity (Wildman–Crippen MR) is 58.9 cm³/mol. The highest BCUT2D eigenvalue weighted by molar-refractivity contribution is 6.18. The van der Waals surface area contributed by atoms with Gasteiger partial charge in [0.2, 0.25) is 0 Å². The molecule has 1 aliphatic rings. The van der Waals surface area contributed by atoms with Gasteiger partial charge in [-0.3, -0.25) is 9.78 Å². The molecule has 3 nitrogen and oxygen atoms in total. The molecule has 0 aromatic carbocycles. The Morgan fingerprint density at radius 2 is 2.44 bits per heavy atom. The van der Waals surface area contributed by atoms with Gasteiger partial charge in [0.1, 0.15) is 5.82 Å². The van der Waals surface area contributed by atoms with Crippen LogP contribution in [0.25, 0.3) is 0 Å². The molecule has 2 rings (SSSR count). The zero-order valence-corrected chi connectivity index (χ0v) is 9.45. The second-order valence-corrected chi connectivity index (χ2v) is 4.26. The van der Waals surface area contributed by atoms with Gasteiger partial charge >= 0.3 is 0 Å². The third-order valence-corrected chi connectivity index (χ3v) is 3.18. The second-order valence-electron chi connectivity index (χ2n) is 3.95. The molecule has 0 bridgehead atoms. The molecule has 1 unspecified atom stereocenters. The van der Waals surface area contributed by atoms with E-state index >= 15 is 0 Å². The molecule has 16 heavy (non-hydrogen) atoms. The third-order valence-electron chi connectivity index (χ3n) is 2.74. The van der Waals surface area contributed by atoms with E-state index in [9.17, 15) is 9.18 Å². The van der Waals surface area contributed by atoms with Crippen LogP contribution in [0, 0.1) is 11.7 Å². The highest BCUT2D eigenvalue weighted by Crippen LogP contribution is 2.19. The van der Waals surface area contributed by atoms with E-state index in [1.807, 2.05) is 0 Å². The van der Waals surface area contributed by atoms with Gasteiger partial charge < -0.3 is 4.90 Å². The van der Waals surface area contributed by atoms with Crippen molar-refractivity contribution in [2.24, 2.45) is 5.92 Å². The first-order valence-corrected chi connectivity index (χ1v) is 5.70. The molecular formula is C11H12ClFN2O. The van der Waals surface area contributed by atoms with E-state index in [1.54, 1.807) is 4.90 Å². The number of rotatable bonds is 2. The van der Waals surface area contributed by atoms with Crippen LogP contribution in [0.3, 0.4) is 0 Å². The predicted octanol–water partition coefficient (Wildman–Crippen LogP) is 1.92. The summed E-state index contributed by atoms with van der Waals surface area (Å²) in [6.07, 6.45) is 3.39. The lowest BCUT2D eigenvalue weighted by atomic mass is 10.2. The van der Waals surface area contributed by atoms with Crippen molar-refractivity contribution in [2.45, 2.75) is 6.42 Å². The molecule has 5 heteroatoms. The van der Waals surface area contributed by atoms with Crippen molar-refractivity contribution in [3.05, 3.63) is 29.8 Å². The molecule has 1 aliphatic heterocycles. The van der Waals surface area contributed by atoms with Gasteiger partial charge in [-0.25, -0.2) is 4.39 Å². The van der Waals surface area contributed by atoms with E-state index in [2.05, 4.69) is 4.98 Å². The third kappa shape index (κ3) is 2.32. The van der Waals surface area contributed by atoms with Crippen LogP contribution in [0.5, 0.6) is 0 Å². The number of nitrogens with zero attached hydrogens (tertiary/aromatic N) is 2. The van der Waals surface area contributed by atoms with Gasteiger partial charge in [-0.05, 0) is 18.4 Å². The first-order valence-electron chi connectivity index (χ1n) is 5.16. The van der Waals surface area contributed by atoms with Crippen LogP contribution in [0.15, 0.2) is 18.5 Å². The van der Waals surface area contributed by atoms with Gasteiger partial charge in [-0.15, -0.1) is 11.6 Å². The first-order chi connectivity index (χ1) is 7.70. The maximum absolute atomic E-state index is 12.9. The Morgan fingerprint density at radius 3 is 3.06 bits per heavy atom. The van der Waals surface area contributed by atoms with Gasteiger partial charge in [-0.2, -0.15) is 0 Å². The molecule has 2 heterocycles. The van der Waals surface area contributed by atoms with E-state index in [0.29, 0.717) is 30.5 Å².